The van der Waals surface area contributed by atoms with Crippen LogP contribution in [0.15, 0.2) is 78.9 Å². The van der Waals surface area contributed by atoms with Crippen LogP contribution in [0.3, 0.4) is 0 Å². The number of likely N-dealkylation sites (N-methyl/N-ethyl adjacent to an activating group) is 1. The predicted molar refractivity (Wildman–Crippen MR) is 122 cm³/mol. The fourth-order valence-electron chi connectivity index (χ4n) is 3.74. The molecule has 1 atom stereocenters. The molecule has 0 spiro atoms. The van der Waals surface area contributed by atoms with Crippen molar-refractivity contribution >= 4 is 28.2 Å². The lowest BCUT2D eigenvalue weighted by atomic mass is 9.96. The highest BCUT2D eigenvalue weighted by atomic mass is 35.5. The predicted octanol–water partition coefficient (Wildman–Crippen LogP) is 5.56. The van der Waals surface area contributed by atoms with E-state index in [1.54, 1.807) is 0 Å². The molecule has 0 aliphatic rings. The van der Waals surface area contributed by atoms with Crippen molar-refractivity contribution in [3.8, 4) is 0 Å². The number of nitrogens with one attached hydrogen (secondary N) is 1. The van der Waals surface area contributed by atoms with Crippen LogP contribution in [0.5, 0.6) is 0 Å². The number of halogens is 1. The highest BCUT2D eigenvalue weighted by Crippen LogP contribution is 2.25. The van der Waals surface area contributed by atoms with Gasteiger partial charge in [-0.2, -0.15) is 0 Å². The first-order valence-electron chi connectivity index (χ1n) is 9.77. The lowest BCUT2D eigenvalue weighted by Gasteiger charge is -2.18. The summed E-state index contributed by atoms with van der Waals surface area (Å²) in [5, 5.41) is 5.05. The Morgan fingerprint density at radius 1 is 0.931 bits per heavy atom. The number of hydrogen-bond donors (Lipinski definition) is 2. The number of nitrogen functional groups attached to an aromatic ring is 1. The number of rotatable bonds is 6. The molecule has 4 rings (SSSR count). The minimum atomic E-state index is 0.255. The summed E-state index contributed by atoms with van der Waals surface area (Å²) in [5.41, 5.74) is 12.6. The summed E-state index contributed by atoms with van der Waals surface area (Å²) in [4.78, 5) is 4.77. The lowest BCUT2D eigenvalue weighted by Crippen LogP contribution is -2.19. The van der Waals surface area contributed by atoms with Gasteiger partial charge in [-0.25, -0.2) is 0 Å². The Labute approximate surface area is 176 Å². The third kappa shape index (κ3) is 4.58. The maximum absolute atomic E-state index is 6.25. The maximum atomic E-state index is 6.25. The Hall–Kier alpha value is -2.88. The summed E-state index contributed by atoms with van der Waals surface area (Å²) in [6.45, 7) is 0. The van der Waals surface area contributed by atoms with Gasteiger partial charge in [0.1, 0.15) is 0 Å². The lowest BCUT2D eigenvalue weighted by molar-refractivity contribution is 0.591. The van der Waals surface area contributed by atoms with Crippen molar-refractivity contribution < 1.29 is 0 Å². The number of anilines is 1. The Kier molecular flexibility index (Phi) is 5.79. The van der Waals surface area contributed by atoms with E-state index in [2.05, 4.69) is 53.8 Å². The summed E-state index contributed by atoms with van der Waals surface area (Å²) >= 11 is 6.13. The van der Waals surface area contributed by atoms with Gasteiger partial charge in [0.25, 0.3) is 0 Å². The van der Waals surface area contributed by atoms with Crippen molar-refractivity contribution in [2.45, 2.75) is 18.9 Å². The Morgan fingerprint density at radius 3 is 2.52 bits per heavy atom. The molecule has 29 heavy (non-hydrogen) atoms. The zero-order chi connectivity index (χ0) is 20.2. The fourth-order valence-corrected chi connectivity index (χ4v) is 3.91. The molecule has 0 amide bonds. The molecule has 4 heteroatoms. The SMILES string of the molecule is CNC(Cc1ccccc1)c1cccc(Cc2cc(N)c3ccc(Cl)cc3n2)c1. The van der Waals surface area contributed by atoms with Crippen molar-refractivity contribution in [3.05, 3.63) is 106 Å². The normalized spacial score (nSPS) is 12.2. The van der Waals surface area contributed by atoms with E-state index in [-0.39, 0.29) is 6.04 Å². The van der Waals surface area contributed by atoms with Crippen molar-refractivity contribution in [1.29, 1.82) is 0 Å². The zero-order valence-electron chi connectivity index (χ0n) is 16.4. The van der Waals surface area contributed by atoms with Gasteiger partial charge >= 0.3 is 0 Å². The Morgan fingerprint density at radius 2 is 1.72 bits per heavy atom. The molecule has 4 aromatic rings. The number of aromatic nitrogens is 1. The summed E-state index contributed by atoms with van der Waals surface area (Å²) in [6, 6.07) is 27.1. The third-order valence-electron chi connectivity index (χ3n) is 5.23. The van der Waals surface area contributed by atoms with E-state index in [0.29, 0.717) is 5.02 Å². The molecule has 0 radical (unpaired) electrons. The van der Waals surface area contributed by atoms with Gasteiger partial charge in [0.15, 0.2) is 0 Å². The molecule has 1 unspecified atom stereocenters. The first-order chi connectivity index (χ1) is 14.1. The quantitative estimate of drug-likeness (QED) is 0.444. The fraction of sp³-hybridized carbons (Fsp3) is 0.160. The topological polar surface area (TPSA) is 50.9 Å². The maximum Gasteiger partial charge on any atom is 0.0740 e. The molecule has 3 nitrogen and oxygen atoms in total. The van der Waals surface area contributed by atoms with Crippen molar-refractivity contribution in [1.82, 2.24) is 10.3 Å². The minimum Gasteiger partial charge on any atom is -0.398 e. The molecule has 0 fully saturated rings. The molecule has 0 bridgehead atoms. The van der Waals surface area contributed by atoms with Crippen LogP contribution in [0.1, 0.15) is 28.4 Å². The third-order valence-corrected chi connectivity index (χ3v) is 5.46. The number of fused-ring (bicyclic) bond motifs is 1. The summed E-state index contributed by atoms with van der Waals surface area (Å²) in [7, 11) is 2.01. The highest BCUT2D eigenvalue weighted by molar-refractivity contribution is 6.31. The van der Waals surface area contributed by atoms with E-state index < -0.39 is 0 Å². The van der Waals surface area contributed by atoms with Gasteiger partial charge in [-0.3, -0.25) is 4.98 Å². The van der Waals surface area contributed by atoms with Crippen LogP contribution in [0.4, 0.5) is 5.69 Å². The number of pyridine rings is 1. The zero-order valence-corrected chi connectivity index (χ0v) is 17.2. The van der Waals surface area contributed by atoms with Crippen LogP contribution >= 0.6 is 11.6 Å². The van der Waals surface area contributed by atoms with Gasteiger partial charge in [0.05, 0.1) is 5.52 Å². The molecule has 3 aromatic carbocycles. The molecule has 1 aromatic heterocycles. The minimum absolute atomic E-state index is 0.255. The van der Waals surface area contributed by atoms with E-state index in [4.69, 9.17) is 22.3 Å². The van der Waals surface area contributed by atoms with Crippen LogP contribution < -0.4 is 11.1 Å². The van der Waals surface area contributed by atoms with Gasteiger partial charge in [0, 0.05) is 34.3 Å². The molecule has 146 valence electrons. The Balaban J connectivity index is 1.59. The van der Waals surface area contributed by atoms with Crippen LogP contribution in [0.2, 0.25) is 5.02 Å². The molecule has 0 aliphatic heterocycles. The van der Waals surface area contributed by atoms with E-state index in [1.165, 1.54) is 16.7 Å². The molecular formula is C25H24ClN3. The van der Waals surface area contributed by atoms with E-state index in [1.807, 2.05) is 37.4 Å². The summed E-state index contributed by atoms with van der Waals surface area (Å²) in [6.07, 6.45) is 1.67. The van der Waals surface area contributed by atoms with Crippen LogP contribution in [0.25, 0.3) is 10.9 Å². The first-order valence-corrected chi connectivity index (χ1v) is 10.1. The summed E-state index contributed by atoms with van der Waals surface area (Å²) in [5.74, 6) is 0. The highest BCUT2D eigenvalue weighted by Gasteiger charge is 2.12. The van der Waals surface area contributed by atoms with Gasteiger partial charge in [-0.05, 0) is 54.4 Å². The molecule has 0 aliphatic carbocycles. The van der Waals surface area contributed by atoms with Crippen molar-refractivity contribution in [3.63, 3.8) is 0 Å². The van der Waals surface area contributed by atoms with Gasteiger partial charge < -0.3 is 11.1 Å². The second-order valence-corrected chi connectivity index (χ2v) is 7.75. The average molecular weight is 402 g/mol. The van der Waals surface area contributed by atoms with Crippen molar-refractivity contribution in [2.24, 2.45) is 0 Å². The molecule has 3 N–H and O–H groups in total. The summed E-state index contributed by atoms with van der Waals surface area (Å²) < 4.78 is 0. The van der Waals surface area contributed by atoms with E-state index in [0.717, 1.165) is 35.1 Å². The van der Waals surface area contributed by atoms with E-state index >= 15 is 0 Å². The number of nitrogens with two attached hydrogens (primary N) is 1. The number of hydrogen-bond acceptors (Lipinski definition) is 3. The van der Waals surface area contributed by atoms with Crippen molar-refractivity contribution in [2.75, 3.05) is 12.8 Å². The molecular weight excluding hydrogens is 378 g/mol. The second kappa shape index (κ2) is 8.64. The van der Waals surface area contributed by atoms with E-state index in [9.17, 15) is 0 Å². The second-order valence-electron chi connectivity index (χ2n) is 7.32. The Bertz CT molecular complexity index is 1130. The van der Waals surface area contributed by atoms with Crippen LogP contribution in [-0.4, -0.2) is 12.0 Å². The number of nitrogens with zero attached hydrogens (tertiary/aromatic N) is 1. The van der Waals surface area contributed by atoms with Gasteiger partial charge in [-0.15, -0.1) is 0 Å². The molecule has 1 heterocycles. The smallest absolute Gasteiger partial charge is 0.0740 e. The monoisotopic (exact) mass is 401 g/mol. The molecule has 0 saturated carbocycles. The first kappa shape index (κ1) is 19.4. The van der Waals surface area contributed by atoms with Gasteiger partial charge in [-0.1, -0.05) is 66.2 Å². The van der Waals surface area contributed by atoms with Gasteiger partial charge in [0.2, 0.25) is 0 Å². The molecule has 0 saturated heterocycles. The number of benzene rings is 3. The average Bonchev–Trinajstić information content (AvgIpc) is 2.72. The standard InChI is InChI=1S/C25H24ClN3/c1-28-24(14-17-6-3-2-4-7-17)19-9-5-8-18(12-19)13-21-16-23(27)22-11-10-20(26)15-25(22)29-21/h2-12,15-16,24,28H,13-14H2,1H3,(H2,27,29). The van der Waals surface area contributed by atoms with Crippen LogP contribution in [-0.2, 0) is 12.8 Å². The van der Waals surface area contributed by atoms with Crippen LogP contribution in [0, 0.1) is 0 Å². The largest absolute Gasteiger partial charge is 0.398 e.